The first-order valence-corrected chi connectivity index (χ1v) is 14.2. The van der Waals surface area contributed by atoms with E-state index in [4.69, 9.17) is 10.5 Å². The topological polar surface area (TPSA) is 122 Å². The lowest BCUT2D eigenvalue weighted by atomic mass is 9.95. The lowest BCUT2D eigenvalue weighted by molar-refractivity contribution is -0.163. The average molecular weight is 539 g/mol. The fraction of sp³-hybridized carbons (Fsp3) is 0.667. The molecule has 3 unspecified atom stereocenters. The van der Waals surface area contributed by atoms with E-state index in [1.54, 1.807) is 4.90 Å². The summed E-state index contributed by atoms with van der Waals surface area (Å²) in [5.41, 5.74) is 7.68. The molecule has 3 aliphatic carbocycles. The number of amides is 3. The summed E-state index contributed by atoms with van der Waals surface area (Å²) in [6.07, 6.45) is 2.82. The van der Waals surface area contributed by atoms with E-state index in [-0.39, 0.29) is 41.2 Å². The van der Waals surface area contributed by atoms with Gasteiger partial charge >= 0.3 is 0 Å². The van der Waals surface area contributed by atoms with Crippen LogP contribution in [0, 0.1) is 29.1 Å². The Balaban J connectivity index is 1.39. The third-order valence-corrected chi connectivity index (χ3v) is 9.73. The van der Waals surface area contributed by atoms with E-state index < -0.39 is 29.9 Å². The molecule has 1 saturated heterocycles. The molecule has 1 aromatic rings. The number of nitrogens with one attached hydrogen (secondary N) is 1. The van der Waals surface area contributed by atoms with Crippen molar-refractivity contribution in [3.05, 3.63) is 35.4 Å². The lowest BCUT2D eigenvalue weighted by Gasteiger charge is -2.36. The van der Waals surface area contributed by atoms with Gasteiger partial charge in [0.15, 0.2) is 0 Å². The number of hydrogen-bond acceptors (Lipinski definition) is 6. The van der Waals surface area contributed by atoms with E-state index in [1.165, 1.54) is 11.1 Å². The number of fused-ring (bicyclic) bond motifs is 2. The van der Waals surface area contributed by atoms with E-state index in [0.717, 1.165) is 25.7 Å². The summed E-state index contributed by atoms with van der Waals surface area (Å²) in [5, 5.41) is 2.84. The van der Waals surface area contributed by atoms with Gasteiger partial charge in [-0.3, -0.25) is 24.1 Å². The van der Waals surface area contributed by atoms with Crippen LogP contribution < -0.4 is 11.1 Å². The Morgan fingerprint density at radius 3 is 2.28 bits per heavy atom. The lowest BCUT2D eigenvalue weighted by Crippen LogP contribution is -2.57. The number of ketones is 1. The first-order chi connectivity index (χ1) is 18.4. The second kappa shape index (κ2) is 10.3. The molecule has 212 valence electrons. The molecule has 1 aliphatic heterocycles. The van der Waals surface area contributed by atoms with Crippen molar-refractivity contribution in [2.75, 3.05) is 20.6 Å². The van der Waals surface area contributed by atoms with Gasteiger partial charge in [-0.25, -0.2) is 0 Å². The standard InChI is InChI=1S/C30H42N4O5/c1-16(33(4)5)39-26(20-13-18-8-6-7-9-19(18)14-20)29(38)34-15-21-23(30(21,2)3)24(34)28(37)32-22(12-17-10-11-17)25(35)27(31)36/h6-9,16-17,20-24,26H,10-15H2,1-5H3,(H2,31,36)(H,32,37)/t16-,21?,22?,23?,24+,26+/m1/s1. The van der Waals surface area contributed by atoms with Crippen LogP contribution in [0.2, 0.25) is 0 Å². The van der Waals surface area contributed by atoms with Crippen molar-refractivity contribution in [3.8, 4) is 0 Å². The highest BCUT2D eigenvalue weighted by Gasteiger charge is 2.70. The number of hydrogen-bond donors (Lipinski definition) is 2. The van der Waals surface area contributed by atoms with E-state index in [9.17, 15) is 19.2 Å². The zero-order chi connectivity index (χ0) is 28.2. The molecule has 9 nitrogen and oxygen atoms in total. The molecule has 0 bridgehead atoms. The van der Waals surface area contributed by atoms with Crippen LogP contribution in [0.25, 0.3) is 0 Å². The Morgan fingerprint density at radius 2 is 1.74 bits per heavy atom. The molecule has 39 heavy (non-hydrogen) atoms. The van der Waals surface area contributed by atoms with Crippen molar-refractivity contribution < 1.29 is 23.9 Å². The quantitative estimate of drug-likeness (QED) is 0.325. The molecule has 4 aliphatic rings. The zero-order valence-electron chi connectivity index (χ0n) is 23.7. The molecule has 3 amide bonds. The number of carbonyl (C=O) groups excluding carboxylic acids is 4. The van der Waals surface area contributed by atoms with Gasteiger partial charge in [0, 0.05) is 12.5 Å². The Hall–Kier alpha value is -2.78. The van der Waals surface area contributed by atoms with Crippen molar-refractivity contribution in [2.24, 2.45) is 34.8 Å². The second-order valence-corrected chi connectivity index (χ2v) is 12.9. The van der Waals surface area contributed by atoms with Crippen LogP contribution in [0.15, 0.2) is 24.3 Å². The highest BCUT2D eigenvalue weighted by Crippen LogP contribution is 2.65. The molecule has 1 aromatic carbocycles. The number of Topliss-reactive ketones (excluding diaryl/α,β-unsaturated/α-hetero) is 1. The maximum atomic E-state index is 14.3. The van der Waals surface area contributed by atoms with Crippen molar-refractivity contribution in [1.82, 2.24) is 15.1 Å². The predicted molar refractivity (Wildman–Crippen MR) is 145 cm³/mol. The van der Waals surface area contributed by atoms with Crippen LogP contribution in [0.3, 0.4) is 0 Å². The number of primary amides is 1. The van der Waals surface area contributed by atoms with Crippen LogP contribution in [0.5, 0.6) is 0 Å². The molecule has 3 fully saturated rings. The number of nitrogens with two attached hydrogens (primary N) is 1. The van der Waals surface area contributed by atoms with Gasteiger partial charge in [-0.1, -0.05) is 51.0 Å². The van der Waals surface area contributed by atoms with Gasteiger partial charge in [-0.2, -0.15) is 0 Å². The van der Waals surface area contributed by atoms with E-state index in [2.05, 4.69) is 31.3 Å². The minimum Gasteiger partial charge on any atom is -0.363 e. The molecular formula is C30H42N4O5. The molecule has 5 rings (SSSR count). The van der Waals surface area contributed by atoms with Crippen molar-refractivity contribution in [2.45, 2.75) is 77.3 Å². The smallest absolute Gasteiger partial charge is 0.287 e. The van der Waals surface area contributed by atoms with Crippen LogP contribution in [0.1, 0.15) is 51.2 Å². The molecule has 9 heteroatoms. The summed E-state index contributed by atoms with van der Waals surface area (Å²) in [4.78, 5) is 56.0. The normalized spacial score (nSPS) is 27.4. The third kappa shape index (κ3) is 5.35. The summed E-state index contributed by atoms with van der Waals surface area (Å²) in [5.74, 6) is -1.93. The largest absolute Gasteiger partial charge is 0.363 e. The molecule has 1 heterocycles. The zero-order valence-corrected chi connectivity index (χ0v) is 23.7. The van der Waals surface area contributed by atoms with Crippen LogP contribution in [-0.2, 0) is 36.8 Å². The van der Waals surface area contributed by atoms with E-state index in [1.807, 2.05) is 38.1 Å². The Bertz CT molecular complexity index is 1140. The van der Waals surface area contributed by atoms with Gasteiger partial charge in [0.25, 0.3) is 11.8 Å². The summed E-state index contributed by atoms with van der Waals surface area (Å²) in [6, 6.07) is 6.57. The predicted octanol–water partition coefficient (Wildman–Crippen LogP) is 1.52. The summed E-state index contributed by atoms with van der Waals surface area (Å²) >= 11 is 0. The third-order valence-electron chi connectivity index (χ3n) is 9.73. The number of ether oxygens (including phenoxy) is 1. The highest BCUT2D eigenvalue weighted by molar-refractivity contribution is 6.37. The molecular weight excluding hydrogens is 496 g/mol. The summed E-state index contributed by atoms with van der Waals surface area (Å²) < 4.78 is 6.43. The van der Waals surface area contributed by atoms with Gasteiger partial charge in [0.1, 0.15) is 18.4 Å². The Morgan fingerprint density at radius 1 is 1.13 bits per heavy atom. The maximum Gasteiger partial charge on any atom is 0.287 e. The Labute approximate surface area is 230 Å². The van der Waals surface area contributed by atoms with Gasteiger partial charge in [0.05, 0.1) is 6.04 Å². The first-order valence-electron chi connectivity index (χ1n) is 14.2. The second-order valence-electron chi connectivity index (χ2n) is 12.9. The number of benzene rings is 1. The number of piperidine rings is 1. The molecule has 0 spiro atoms. The SMILES string of the molecule is C[C@@H](O[C@H](C(=O)N1CC2C([C@H]1C(=O)NC(CC1CC1)C(=O)C(N)=O)C2(C)C)C1Cc2ccccc2C1)N(C)C. The fourth-order valence-electron chi connectivity index (χ4n) is 6.84. The number of rotatable bonds is 11. The first kappa shape index (κ1) is 27.8. The average Bonchev–Trinajstić information content (AvgIpc) is 3.64. The van der Waals surface area contributed by atoms with Gasteiger partial charge in [0.2, 0.25) is 11.7 Å². The van der Waals surface area contributed by atoms with Crippen LogP contribution in [0.4, 0.5) is 0 Å². The molecule has 6 atom stereocenters. The maximum absolute atomic E-state index is 14.3. The summed E-state index contributed by atoms with van der Waals surface area (Å²) in [7, 11) is 3.82. The molecule has 0 aromatic heterocycles. The van der Waals surface area contributed by atoms with Crippen molar-refractivity contribution >= 4 is 23.5 Å². The number of nitrogens with zero attached hydrogens (tertiary/aromatic N) is 2. The Kier molecular flexibility index (Phi) is 7.35. The van der Waals surface area contributed by atoms with Crippen LogP contribution in [-0.4, -0.2) is 78.4 Å². The molecule has 3 N–H and O–H groups in total. The highest BCUT2D eigenvalue weighted by atomic mass is 16.5. The molecule has 2 saturated carbocycles. The van der Waals surface area contributed by atoms with E-state index >= 15 is 0 Å². The van der Waals surface area contributed by atoms with Crippen molar-refractivity contribution in [3.63, 3.8) is 0 Å². The minimum absolute atomic E-state index is 0.0144. The monoisotopic (exact) mass is 538 g/mol. The van der Waals surface area contributed by atoms with Crippen LogP contribution >= 0.6 is 0 Å². The fourth-order valence-corrected chi connectivity index (χ4v) is 6.84. The summed E-state index contributed by atoms with van der Waals surface area (Å²) in [6.45, 7) is 6.64. The number of likely N-dealkylation sites (tertiary alicyclic amines) is 1. The number of carbonyl (C=O) groups is 4. The van der Waals surface area contributed by atoms with Gasteiger partial charge < -0.3 is 20.7 Å². The van der Waals surface area contributed by atoms with Crippen molar-refractivity contribution in [1.29, 1.82) is 0 Å². The van der Waals surface area contributed by atoms with E-state index in [0.29, 0.717) is 18.9 Å². The van der Waals surface area contributed by atoms with Gasteiger partial charge in [-0.05, 0) is 74.6 Å². The van der Waals surface area contributed by atoms with Gasteiger partial charge in [-0.15, -0.1) is 0 Å². The molecule has 0 radical (unpaired) electrons. The minimum atomic E-state index is -1.04.